The van der Waals surface area contributed by atoms with E-state index in [9.17, 15) is 9.59 Å². The van der Waals surface area contributed by atoms with Gasteiger partial charge in [-0.2, -0.15) is 0 Å². The van der Waals surface area contributed by atoms with Gasteiger partial charge in [0.1, 0.15) is 11.6 Å². The number of anilines is 3. The number of amides is 2. The molecule has 0 bridgehead atoms. The first-order chi connectivity index (χ1) is 11.0. The Morgan fingerprint density at radius 1 is 1.17 bits per heavy atom. The van der Waals surface area contributed by atoms with Gasteiger partial charge in [0.05, 0.1) is 5.75 Å². The number of aromatic nitrogens is 2. The molecule has 0 saturated carbocycles. The number of benzene rings is 1. The molecular formula is C14H16N6O2S. The maximum absolute atomic E-state index is 12.0. The minimum absolute atomic E-state index is 0.0904. The summed E-state index contributed by atoms with van der Waals surface area (Å²) in [7, 11) is 1.54. The smallest absolute Gasteiger partial charge is 0.251 e. The normalized spacial score (nSPS) is 10.1. The van der Waals surface area contributed by atoms with E-state index in [1.807, 2.05) is 0 Å². The minimum atomic E-state index is -0.256. The van der Waals surface area contributed by atoms with Crippen molar-refractivity contribution < 1.29 is 9.59 Å². The molecule has 9 heteroatoms. The van der Waals surface area contributed by atoms with Crippen molar-refractivity contribution in [1.29, 1.82) is 0 Å². The summed E-state index contributed by atoms with van der Waals surface area (Å²) in [5.41, 5.74) is 12.1. The molecule has 2 amide bonds. The van der Waals surface area contributed by atoms with E-state index in [-0.39, 0.29) is 29.2 Å². The van der Waals surface area contributed by atoms with Crippen molar-refractivity contribution in [2.24, 2.45) is 0 Å². The molecule has 23 heavy (non-hydrogen) atoms. The third-order valence-electron chi connectivity index (χ3n) is 2.71. The molecule has 0 aliphatic rings. The zero-order chi connectivity index (χ0) is 16.8. The van der Waals surface area contributed by atoms with Crippen LogP contribution in [0.2, 0.25) is 0 Å². The summed E-state index contributed by atoms with van der Waals surface area (Å²) < 4.78 is 0. The Labute approximate surface area is 137 Å². The van der Waals surface area contributed by atoms with Gasteiger partial charge in [-0.1, -0.05) is 17.8 Å². The van der Waals surface area contributed by atoms with Crippen molar-refractivity contribution in [3.8, 4) is 0 Å². The van der Waals surface area contributed by atoms with Crippen LogP contribution in [0.5, 0.6) is 0 Å². The summed E-state index contributed by atoms with van der Waals surface area (Å²) in [4.78, 5) is 31.5. The molecule has 2 rings (SSSR count). The topological polar surface area (TPSA) is 136 Å². The number of thioether (sulfide) groups is 1. The lowest BCUT2D eigenvalue weighted by atomic mass is 10.2. The van der Waals surface area contributed by atoms with Crippen LogP contribution in [-0.2, 0) is 4.79 Å². The van der Waals surface area contributed by atoms with Crippen molar-refractivity contribution in [3.05, 3.63) is 35.9 Å². The van der Waals surface area contributed by atoms with Crippen LogP contribution in [0.25, 0.3) is 0 Å². The van der Waals surface area contributed by atoms with Gasteiger partial charge in [0.2, 0.25) is 5.91 Å². The highest BCUT2D eigenvalue weighted by atomic mass is 32.2. The number of carbonyl (C=O) groups excluding carboxylic acids is 2. The fourth-order valence-corrected chi connectivity index (χ4v) is 2.41. The Hall–Kier alpha value is -2.81. The van der Waals surface area contributed by atoms with Crippen molar-refractivity contribution >= 4 is 40.9 Å². The van der Waals surface area contributed by atoms with Crippen LogP contribution in [-0.4, -0.2) is 34.6 Å². The van der Waals surface area contributed by atoms with Gasteiger partial charge in [0.25, 0.3) is 5.91 Å². The number of nitrogens with zero attached hydrogens (tertiary/aromatic N) is 2. The molecule has 8 nitrogen and oxygen atoms in total. The van der Waals surface area contributed by atoms with E-state index in [0.717, 1.165) is 11.8 Å². The molecule has 0 atom stereocenters. The molecule has 1 aromatic carbocycles. The summed E-state index contributed by atoms with van der Waals surface area (Å²) in [5, 5.41) is 5.56. The molecule has 0 fully saturated rings. The SMILES string of the molecule is CNC(=O)c1cccc(NC(=O)CSc2nc(N)cc(N)n2)c1. The first-order valence-electron chi connectivity index (χ1n) is 6.63. The minimum Gasteiger partial charge on any atom is -0.383 e. The molecule has 2 aromatic rings. The molecule has 0 aliphatic heterocycles. The molecule has 0 unspecified atom stereocenters. The highest BCUT2D eigenvalue weighted by Gasteiger charge is 2.09. The van der Waals surface area contributed by atoms with Crippen molar-refractivity contribution in [2.45, 2.75) is 5.16 Å². The largest absolute Gasteiger partial charge is 0.383 e. The molecule has 0 radical (unpaired) electrons. The van der Waals surface area contributed by atoms with Gasteiger partial charge in [-0.3, -0.25) is 9.59 Å². The number of rotatable bonds is 5. The Balaban J connectivity index is 1.96. The van der Waals surface area contributed by atoms with E-state index in [1.54, 1.807) is 31.3 Å². The van der Waals surface area contributed by atoms with Crippen LogP contribution < -0.4 is 22.1 Å². The lowest BCUT2D eigenvalue weighted by Gasteiger charge is -2.07. The van der Waals surface area contributed by atoms with Gasteiger partial charge in [-0.15, -0.1) is 0 Å². The summed E-state index contributed by atoms with van der Waals surface area (Å²) in [6.45, 7) is 0. The maximum Gasteiger partial charge on any atom is 0.251 e. The van der Waals surface area contributed by atoms with Gasteiger partial charge in [-0.05, 0) is 18.2 Å². The Morgan fingerprint density at radius 2 is 1.87 bits per heavy atom. The summed E-state index contributed by atoms with van der Waals surface area (Å²) in [6, 6.07) is 8.08. The number of nitrogen functional groups attached to an aromatic ring is 2. The van der Waals surface area contributed by atoms with E-state index in [0.29, 0.717) is 16.4 Å². The summed E-state index contributed by atoms with van der Waals surface area (Å²) in [5.74, 6) is 0.109. The number of hydrogen-bond donors (Lipinski definition) is 4. The monoisotopic (exact) mass is 332 g/mol. The van der Waals surface area contributed by atoms with Crippen LogP contribution in [0.15, 0.2) is 35.5 Å². The molecule has 0 saturated heterocycles. The third-order valence-corrected chi connectivity index (χ3v) is 3.56. The average Bonchev–Trinajstić information content (AvgIpc) is 2.51. The molecule has 0 aliphatic carbocycles. The second-order valence-corrected chi connectivity index (χ2v) is 5.44. The summed E-state index contributed by atoms with van der Waals surface area (Å²) >= 11 is 1.12. The molecular weight excluding hydrogens is 316 g/mol. The third kappa shape index (κ3) is 4.85. The molecule has 1 heterocycles. The molecule has 0 spiro atoms. The predicted octanol–water partition coefficient (Wildman–Crippen LogP) is 0.731. The zero-order valence-electron chi connectivity index (χ0n) is 12.4. The predicted molar refractivity (Wildman–Crippen MR) is 90.0 cm³/mol. The number of hydrogen-bond acceptors (Lipinski definition) is 7. The van der Waals surface area contributed by atoms with E-state index >= 15 is 0 Å². The van der Waals surface area contributed by atoms with Crippen molar-refractivity contribution in [3.63, 3.8) is 0 Å². The molecule has 120 valence electrons. The second-order valence-electron chi connectivity index (χ2n) is 4.50. The van der Waals surface area contributed by atoms with Gasteiger partial charge in [0, 0.05) is 24.4 Å². The Kier molecular flexibility index (Phi) is 5.36. The highest BCUT2D eigenvalue weighted by molar-refractivity contribution is 7.99. The van der Waals surface area contributed by atoms with Crippen LogP contribution in [0.1, 0.15) is 10.4 Å². The Morgan fingerprint density at radius 3 is 2.52 bits per heavy atom. The van der Waals surface area contributed by atoms with E-state index < -0.39 is 0 Å². The first-order valence-corrected chi connectivity index (χ1v) is 7.61. The van der Waals surface area contributed by atoms with Gasteiger partial charge in [0.15, 0.2) is 5.16 Å². The maximum atomic E-state index is 12.0. The standard InChI is InChI=1S/C14H16N6O2S/c1-17-13(22)8-3-2-4-9(5-8)18-12(21)7-23-14-19-10(15)6-11(16)20-14/h2-6H,7H2,1H3,(H,17,22)(H,18,21)(H4,15,16,19,20). The van der Waals surface area contributed by atoms with Crippen LogP contribution in [0.4, 0.5) is 17.3 Å². The Bertz CT molecular complexity index is 717. The van der Waals surface area contributed by atoms with Gasteiger partial charge >= 0.3 is 0 Å². The van der Waals surface area contributed by atoms with Gasteiger partial charge < -0.3 is 22.1 Å². The lowest BCUT2D eigenvalue weighted by molar-refractivity contribution is -0.113. The lowest BCUT2D eigenvalue weighted by Crippen LogP contribution is -2.19. The second kappa shape index (κ2) is 7.45. The van der Waals surface area contributed by atoms with Crippen molar-refractivity contribution in [2.75, 3.05) is 29.6 Å². The number of nitrogens with one attached hydrogen (secondary N) is 2. The van der Waals surface area contributed by atoms with E-state index in [2.05, 4.69) is 20.6 Å². The fourth-order valence-electron chi connectivity index (χ4n) is 1.74. The summed E-state index contributed by atoms with van der Waals surface area (Å²) in [6.07, 6.45) is 0. The molecule has 6 N–H and O–H groups in total. The van der Waals surface area contributed by atoms with Crippen LogP contribution >= 0.6 is 11.8 Å². The van der Waals surface area contributed by atoms with Crippen molar-refractivity contribution in [1.82, 2.24) is 15.3 Å². The zero-order valence-corrected chi connectivity index (χ0v) is 13.2. The van der Waals surface area contributed by atoms with E-state index in [4.69, 9.17) is 11.5 Å². The average molecular weight is 332 g/mol. The fraction of sp³-hybridized carbons (Fsp3) is 0.143. The number of carbonyl (C=O) groups is 2. The van der Waals surface area contributed by atoms with Gasteiger partial charge in [-0.25, -0.2) is 9.97 Å². The van der Waals surface area contributed by atoms with Crippen LogP contribution in [0.3, 0.4) is 0 Å². The van der Waals surface area contributed by atoms with E-state index in [1.165, 1.54) is 6.07 Å². The quantitative estimate of drug-likeness (QED) is 0.468. The number of nitrogens with two attached hydrogens (primary N) is 2. The highest BCUT2D eigenvalue weighted by Crippen LogP contribution is 2.17. The first kappa shape index (κ1) is 16.6. The molecule has 1 aromatic heterocycles. The van der Waals surface area contributed by atoms with Crippen LogP contribution in [0, 0.1) is 0 Å².